The van der Waals surface area contributed by atoms with Gasteiger partial charge in [-0.25, -0.2) is 0 Å². The minimum absolute atomic E-state index is 0.0496. The van der Waals surface area contributed by atoms with E-state index in [4.69, 9.17) is 0 Å². The summed E-state index contributed by atoms with van der Waals surface area (Å²) in [6, 6.07) is 14.2. The number of benzene rings is 2. The van der Waals surface area contributed by atoms with Gasteiger partial charge in [-0.15, -0.1) is 0 Å². The van der Waals surface area contributed by atoms with E-state index in [2.05, 4.69) is 21.2 Å². The van der Waals surface area contributed by atoms with Crippen molar-refractivity contribution in [3.8, 4) is 0 Å². The van der Waals surface area contributed by atoms with Crippen molar-refractivity contribution in [3.63, 3.8) is 0 Å². The quantitative estimate of drug-likeness (QED) is 0.628. The number of nitro benzene ring substituents is 1. The largest absolute Gasteiger partial charge is 0.345 e. The Bertz CT molecular complexity index is 745. The van der Waals surface area contributed by atoms with Crippen LogP contribution in [0, 0.1) is 16.0 Å². The van der Waals surface area contributed by atoms with E-state index in [1.165, 1.54) is 12.1 Å². The number of hydrogen-bond acceptors (Lipinski definition) is 3. The van der Waals surface area contributed by atoms with E-state index in [0.29, 0.717) is 16.0 Å². The lowest BCUT2D eigenvalue weighted by atomic mass is 10.0. The summed E-state index contributed by atoms with van der Waals surface area (Å²) in [4.78, 5) is 23.0. The summed E-state index contributed by atoms with van der Waals surface area (Å²) < 4.78 is 0.362. The van der Waals surface area contributed by atoms with Crippen molar-refractivity contribution in [2.24, 2.45) is 5.92 Å². The number of carbonyl (C=O) groups excluding carboxylic acids is 1. The summed E-state index contributed by atoms with van der Waals surface area (Å²) in [6.07, 6.45) is 2.17. The number of nitrogens with one attached hydrogen (secondary N) is 1. The van der Waals surface area contributed by atoms with Crippen LogP contribution in [0.1, 0.15) is 34.8 Å². The molecular formula is C17H15BrN2O3. The molecule has 1 aliphatic rings. The normalized spacial score (nSPS) is 15.0. The van der Waals surface area contributed by atoms with Crippen LogP contribution in [0.2, 0.25) is 0 Å². The number of carbonyl (C=O) groups is 1. The Labute approximate surface area is 142 Å². The third-order valence-electron chi connectivity index (χ3n) is 3.94. The van der Waals surface area contributed by atoms with Crippen molar-refractivity contribution in [1.29, 1.82) is 0 Å². The lowest BCUT2D eigenvalue weighted by Gasteiger charge is -2.19. The molecule has 0 saturated heterocycles. The first-order valence-electron chi connectivity index (χ1n) is 7.36. The van der Waals surface area contributed by atoms with Gasteiger partial charge in [-0.2, -0.15) is 0 Å². The first-order valence-corrected chi connectivity index (χ1v) is 8.15. The van der Waals surface area contributed by atoms with Gasteiger partial charge < -0.3 is 5.32 Å². The molecule has 0 heterocycles. The number of nitro groups is 1. The summed E-state index contributed by atoms with van der Waals surface area (Å²) in [5, 5.41) is 14.0. The lowest BCUT2D eigenvalue weighted by Crippen LogP contribution is -2.29. The molecule has 0 unspecified atom stereocenters. The zero-order valence-electron chi connectivity index (χ0n) is 12.2. The third kappa shape index (κ3) is 3.59. The standard InChI is InChI=1S/C17H15BrN2O3/c18-14-9-8-13(10-15(14)20(22)23)17(21)19-16(12-6-7-12)11-4-2-1-3-5-11/h1-5,8-10,12,16H,6-7H2,(H,19,21)/t16-/m1/s1. The molecule has 2 aromatic carbocycles. The molecule has 1 aliphatic carbocycles. The minimum atomic E-state index is -0.504. The van der Waals surface area contributed by atoms with Gasteiger partial charge in [0, 0.05) is 11.6 Å². The van der Waals surface area contributed by atoms with Crippen LogP contribution in [0.5, 0.6) is 0 Å². The van der Waals surface area contributed by atoms with Gasteiger partial charge in [0.15, 0.2) is 0 Å². The monoisotopic (exact) mass is 374 g/mol. The summed E-state index contributed by atoms with van der Waals surface area (Å²) in [5.41, 5.74) is 1.25. The van der Waals surface area contributed by atoms with Crippen molar-refractivity contribution < 1.29 is 9.72 Å². The fourth-order valence-corrected chi connectivity index (χ4v) is 2.97. The predicted octanol–water partition coefficient (Wildman–Crippen LogP) is 4.24. The Morgan fingerprint density at radius 1 is 1.22 bits per heavy atom. The van der Waals surface area contributed by atoms with E-state index in [1.807, 2.05) is 30.3 Å². The van der Waals surface area contributed by atoms with Crippen LogP contribution in [-0.2, 0) is 0 Å². The molecule has 1 amide bonds. The van der Waals surface area contributed by atoms with Crippen molar-refractivity contribution >= 4 is 27.5 Å². The van der Waals surface area contributed by atoms with E-state index in [0.717, 1.165) is 18.4 Å². The highest BCUT2D eigenvalue weighted by Gasteiger charge is 2.33. The van der Waals surface area contributed by atoms with Gasteiger partial charge in [-0.3, -0.25) is 14.9 Å². The number of halogens is 1. The maximum Gasteiger partial charge on any atom is 0.284 e. The SMILES string of the molecule is O=C(N[C@H](c1ccccc1)C1CC1)c1ccc(Br)c([N+](=O)[O-])c1. The number of amides is 1. The molecule has 0 bridgehead atoms. The number of rotatable bonds is 5. The van der Waals surface area contributed by atoms with Crippen molar-refractivity contribution in [3.05, 3.63) is 74.2 Å². The van der Waals surface area contributed by atoms with Crippen LogP contribution < -0.4 is 5.32 Å². The fourth-order valence-electron chi connectivity index (χ4n) is 2.58. The van der Waals surface area contributed by atoms with E-state index in [9.17, 15) is 14.9 Å². The van der Waals surface area contributed by atoms with Gasteiger partial charge in [-0.1, -0.05) is 30.3 Å². The average Bonchev–Trinajstić information content (AvgIpc) is 3.38. The summed E-state index contributed by atoms with van der Waals surface area (Å²) in [6.45, 7) is 0. The molecule has 118 valence electrons. The molecular weight excluding hydrogens is 360 g/mol. The van der Waals surface area contributed by atoms with Gasteiger partial charge in [0.1, 0.15) is 0 Å². The molecule has 23 heavy (non-hydrogen) atoms. The van der Waals surface area contributed by atoms with E-state index in [1.54, 1.807) is 6.07 Å². The Morgan fingerprint density at radius 2 is 1.91 bits per heavy atom. The van der Waals surface area contributed by atoms with E-state index in [-0.39, 0.29) is 17.6 Å². The van der Waals surface area contributed by atoms with Crippen LogP contribution in [0.3, 0.4) is 0 Å². The van der Waals surface area contributed by atoms with E-state index >= 15 is 0 Å². The second kappa shape index (κ2) is 6.50. The molecule has 0 aromatic heterocycles. The molecule has 1 N–H and O–H groups in total. The number of nitrogens with zero attached hydrogens (tertiary/aromatic N) is 1. The van der Waals surface area contributed by atoms with Crippen molar-refractivity contribution in [2.45, 2.75) is 18.9 Å². The first-order chi connectivity index (χ1) is 11.1. The molecule has 0 spiro atoms. The zero-order chi connectivity index (χ0) is 16.4. The summed E-state index contributed by atoms with van der Waals surface area (Å²) in [5.74, 6) is 0.146. The van der Waals surface area contributed by atoms with Gasteiger partial charge >= 0.3 is 0 Å². The van der Waals surface area contributed by atoms with Gasteiger partial charge in [-0.05, 0) is 52.4 Å². The molecule has 1 saturated carbocycles. The van der Waals surface area contributed by atoms with Crippen molar-refractivity contribution in [1.82, 2.24) is 5.32 Å². The summed E-state index contributed by atoms with van der Waals surface area (Å²) >= 11 is 3.13. The second-order valence-electron chi connectivity index (χ2n) is 5.62. The highest BCUT2D eigenvalue weighted by atomic mass is 79.9. The minimum Gasteiger partial charge on any atom is -0.345 e. The summed E-state index contributed by atoms with van der Waals surface area (Å²) in [7, 11) is 0. The van der Waals surface area contributed by atoms with E-state index < -0.39 is 4.92 Å². The zero-order valence-corrected chi connectivity index (χ0v) is 13.8. The van der Waals surface area contributed by atoms with Crippen LogP contribution in [-0.4, -0.2) is 10.8 Å². The molecule has 2 aromatic rings. The van der Waals surface area contributed by atoms with Gasteiger partial charge in [0.25, 0.3) is 11.6 Å². The van der Waals surface area contributed by atoms with Crippen molar-refractivity contribution in [2.75, 3.05) is 0 Å². The Balaban J connectivity index is 1.83. The molecule has 6 heteroatoms. The second-order valence-corrected chi connectivity index (χ2v) is 6.48. The molecule has 1 atom stereocenters. The van der Waals surface area contributed by atoms with Gasteiger partial charge in [0.05, 0.1) is 15.4 Å². The molecule has 1 fully saturated rings. The highest BCUT2D eigenvalue weighted by molar-refractivity contribution is 9.10. The topological polar surface area (TPSA) is 72.2 Å². The van der Waals surface area contributed by atoms with Crippen LogP contribution >= 0.6 is 15.9 Å². The van der Waals surface area contributed by atoms with Crippen LogP contribution in [0.15, 0.2) is 53.0 Å². The lowest BCUT2D eigenvalue weighted by molar-refractivity contribution is -0.385. The molecule has 3 rings (SSSR count). The smallest absolute Gasteiger partial charge is 0.284 e. The Morgan fingerprint density at radius 3 is 2.52 bits per heavy atom. The molecule has 0 aliphatic heterocycles. The Kier molecular flexibility index (Phi) is 4.43. The molecule has 5 nitrogen and oxygen atoms in total. The maximum atomic E-state index is 12.5. The van der Waals surface area contributed by atoms with Crippen LogP contribution in [0.25, 0.3) is 0 Å². The third-order valence-corrected chi connectivity index (χ3v) is 4.61. The fraction of sp³-hybridized carbons (Fsp3) is 0.235. The highest BCUT2D eigenvalue weighted by Crippen LogP contribution is 2.41. The van der Waals surface area contributed by atoms with Gasteiger partial charge in [0.2, 0.25) is 0 Å². The number of hydrogen-bond donors (Lipinski definition) is 1. The molecule has 0 radical (unpaired) electrons. The predicted molar refractivity (Wildman–Crippen MR) is 90.2 cm³/mol. The Hall–Kier alpha value is -2.21. The first kappa shape index (κ1) is 15.7. The average molecular weight is 375 g/mol. The van der Waals surface area contributed by atoms with Crippen LogP contribution in [0.4, 0.5) is 5.69 Å². The maximum absolute atomic E-state index is 12.5.